The molecule has 1 amide bonds. The van der Waals surface area contributed by atoms with E-state index in [1.807, 2.05) is 20.8 Å². The lowest BCUT2D eigenvalue weighted by Crippen LogP contribution is -2.44. The van der Waals surface area contributed by atoms with Crippen LogP contribution < -0.4 is 21.3 Å². The number of ether oxygens (including phenoxy) is 1. The van der Waals surface area contributed by atoms with Gasteiger partial charge in [0.05, 0.1) is 23.0 Å². The van der Waals surface area contributed by atoms with Gasteiger partial charge in [-0.1, -0.05) is 32.9 Å². The second-order valence-electron chi connectivity index (χ2n) is 13.6. The fraction of sp³-hybridized carbons (Fsp3) is 0.333. The lowest BCUT2D eigenvalue weighted by atomic mass is 9.89. The summed E-state index contributed by atoms with van der Waals surface area (Å²) in [5, 5.41) is 2.49. The first kappa shape index (κ1) is 38.4. The summed E-state index contributed by atoms with van der Waals surface area (Å²) in [6.45, 7) is 10.5. The Labute approximate surface area is 294 Å². The third kappa shape index (κ3) is 9.63. The number of pyridine rings is 1. The van der Waals surface area contributed by atoms with Gasteiger partial charge >= 0.3 is 11.7 Å². The zero-order chi connectivity index (χ0) is 37.8. The molecule has 0 radical (unpaired) electrons. The largest absolute Gasteiger partial charge is 0.461 e. The van der Waals surface area contributed by atoms with Gasteiger partial charge in [-0.2, -0.15) is 0 Å². The number of aryl methyl sites for hydroxylation is 2. The van der Waals surface area contributed by atoms with E-state index in [1.54, 1.807) is 32.9 Å². The molecule has 2 heterocycles. The van der Waals surface area contributed by atoms with E-state index in [1.165, 1.54) is 48.1 Å². The molecule has 270 valence electrons. The van der Waals surface area contributed by atoms with E-state index in [0.717, 1.165) is 22.9 Å². The van der Waals surface area contributed by atoms with Crippen LogP contribution in [0.1, 0.15) is 73.0 Å². The van der Waals surface area contributed by atoms with Crippen molar-refractivity contribution in [2.24, 2.45) is 12.5 Å². The van der Waals surface area contributed by atoms with Crippen LogP contribution in [-0.2, 0) is 33.0 Å². The Bertz CT molecular complexity index is 2150. The van der Waals surface area contributed by atoms with Gasteiger partial charge in [-0.05, 0) is 74.2 Å². The SMILES string of the molecule is Cc1cn(C)c(=O)n(-c2ccc(C[C@H](NC(=O)c3ccc(NS(=O)(=O)c4ccc(C(=O)CC(C)(C)C)nc4)cc3F)C(=O)OC(C)C)cc2)c1=O. The van der Waals surface area contributed by atoms with E-state index in [4.69, 9.17) is 4.74 Å². The third-order valence-corrected chi connectivity index (χ3v) is 8.85. The van der Waals surface area contributed by atoms with E-state index in [-0.39, 0.29) is 40.3 Å². The van der Waals surface area contributed by atoms with Gasteiger partial charge in [0.2, 0.25) is 0 Å². The van der Waals surface area contributed by atoms with Gasteiger partial charge in [-0.25, -0.2) is 27.0 Å². The number of benzene rings is 2. The highest BCUT2D eigenvalue weighted by Gasteiger charge is 2.26. The van der Waals surface area contributed by atoms with E-state index in [9.17, 15) is 32.4 Å². The van der Waals surface area contributed by atoms with Gasteiger partial charge in [0.15, 0.2) is 5.78 Å². The van der Waals surface area contributed by atoms with E-state index in [2.05, 4.69) is 15.0 Å². The van der Waals surface area contributed by atoms with Crippen LogP contribution in [0.25, 0.3) is 5.69 Å². The highest BCUT2D eigenvalue weighted by Crippen LogP contribution is 2.23. The van der Waals surface area contributed by atoms with Crippen LogP contribution in [0, 0.1) is 18.2 Å². The van der Waals surface area contributed by atoms with Gasteiger partial charge in [0.1, 0.15) is 22.4 Å². The molecule has 0 bridgehead atoms. The van der Waals surface area contributed by atoms with Crippen LogP contribution in [-0.4, -0.2) is 52.3 Å². The molecule has 0 aliphatic carbocycles. The van der Waals surface area contributed by atoms with Gasteiger partial charge < -0.3 is 14.6 Å². The van der Waals surface area contributed by atoms with E-state index < -0.39 is 56.7 Å². The van der Waals surface area contributed by atoms with Gasteiger partial charge in [-0.15, -0.1) is 0 Å². The minimum atomic E-state index is -4.24. The molecule has 15 heteroatoms. The van der Waals surface area contributed by atoms with Gasteiger partial charge in [-0.3, -0.25) is 24.1 Å². The van der Waals surface area contributed by atoms with Gasteiger partial charge in [0, 0.05) is 37.8 Å². The Balaban J connectivity index is 1.50. The molecule has 2 N–H and O–H groups in total. The van der Waals surface area contributed by atoms with Crippen molar-refractivity contribution < 1.29 is 31.9 Å². The normalized spacial score (nSPS) is 12.3. The van der Waals surface area contributed by atoms with Crippen molar-refractivity contribution in [2.75, 3.05) is 4.72 Å². The van der Waals surface area contributed by atoms with E-state index in [0.29, 0.717) is 16.8 Å². The molecular formula is C36H40FN5O8S. The van der Waals surface area contributed by atoms with Crippen LogP contribution in [0.5, 0.6) is 0 Å². The molecule has 2 aromatic heterocycles. The number of hydrogen-bond donors (Lipinski definition) is 2. The molecule has 0 unspecified atom stereocenters. The summed E-state index contributed by atoms with van der Waals surface area (Å²) in [6, 6.07) is 10.6. The molecule has 4 rings (SSSR count). The number of amides is 1. The lowest BCUT2D eigenvalue weighted by Gasteiger charge is -2.20. The maximum atomic E-state index is 15.3. The predicted molar refractivity (Wildman–Crippen MR) is 188 cm³/mol. The first-order valence-corrected chi connectivity index (χ1v) is 17.5. The molecular weight excluding hydrogens is 681 g/mol. The number of nitrogens with zero attached hydrogens (tertiary/aromatic N) is 3. The van der Waals surface area contributed by atoms with Crippen LogP contribution >= 0.6 is 0 Å². The molecule has 2 aromatic carbocycles. The van der Waals surface area contributed by atoms with Gasteiger partial charge in [0.25, 0.3) is 21.5 Å². The number of Topliss-reactive ketones (excluding diaryl/α,β-unsaturated/α-hetero) is 1. The number of anilines is 1. The Kier molecular flexibility index (Phi) is 11.4. The van der Waals surface area contributed by atoms with Crippen molar-refractivity contribution in [2.45, 2.75) is 71.4 Å². The van der Waals surface area contributed by atoms with Crippen molar-refractivity contribution in [3.05, 3.63) is 116 Å². The average molecular weight is 722 g/mol. The zero-order valence-electron chi connectivity index (χ0n) is 29.3. The van der Waals surface area contributed by atoms with Crippen molar-refractivity contribution in [1.82, 2.24) is 19.4 Å². The second kappa shape index (κ2) is 15.2. The van der Waals surface area contributed by atoms with Crippen molar-refractivity contribution in [3.8, 4) is 5.69 Å². The summed E-state index contributed by atoms with van der Waals surface area (Å²) < 4.78 is 51.0. The minimum Gasteiger partial charge on any atom is -0.461 e. The summed E-state index contributed by atoms with van der Waals surface area (Å²) in [4.78, 5) is 67.7. The molecule has 0 aliphatic heterocycles. The van der Waals surface area contributed by atoms with Crippen molar-refractivity contribution in [3.63, 3.8) is 0 Å². The average Bonchev–Trinajstić information content (AvgIpc) is 3.03. The Morgan fingerprint density at radius 1 is 1.00 bits per heavy atom. The fourth-order valence-corrected chi connectivity index (χ4v) is 6.06. The quantitative estimate of drug-likeness (QED) is 0.161. The van der Waals surface area contributed by atoms with Crippen molar-refractivity contribution in [1.29, 1.82) is 0 Å². The molecule has 0 fully saturated rings. The summed E-state index contributed by atoms with van der Waals surface area (Å²) >= 11 is 0. The van der Waals surface area contributed by atoms with Crippen LogP contribution in [0.2, 0.25) is 0 Å². The molecule has 0 saturated carbocycles. The number of aromatic nitrogens is 3. The second-order valence-corrected chi connectivity index (χ2v) is 15.3. The Morgan fingerprint density at radius 2 is 1.67 bits per heavy atom. The number of sulfonamides is 1. The van der Waals surface area contributed by atoms with Crippen LogP contribution in [0.3, 0.4) is 0 Å². The first-order chi connectivity index (χ1) is 23.8. The standard InChI is InChI=1S/C36H40FN5O8S/c1-21(2)50-34(46)30(16-23-8-11-25(12-9-23)42-33(45)22(3)20-41(7)35(42)47)39-32(44)27-14-10-24(17-28(27)37)40-51(48,49)26-13-15-29(38-19-26)31(43)18-36(4,5)6/h8-15,17,19-21,30,40H,16,18H2,1-7H3,(H,39,44)/t30-/m0/s1. The number of ketones is 1. The van der Waals surface area contributed by atoms with E-state index >= 15 is 4.39 Å². The monoisotopic (exact) mass is 721 g/mol. The topological polar surface area (TPSA) is 176 Å². The Hall–Kier alpha value is -5.44. The molecule has 0 saturated heterocycles. The number of carbonyl (C=O) groups is 3. The highest BCUT2D eigenvalue weighted by atomic mass is 32.2. The van der Waals surface area contributed by atoms with Crippen molar-refractivity contribution >= 4 is 33.4 Å². The number of hydrogen-bond acceptors (Lipinski definition) is 9. The number of rotatable bonds is 12. The maximum Gasteiger partial charge on any atom is 0.335 e. The summed E-state index contributed by atoms with van der Waals surface area (Å²) in [5.41, 5.74) is -0.630. The number of carbonyl (C=O) groups excluding carboxylic acids is 3. The predicted octanol–water partition coefficient (Wildman–Crippen LogP) is 4.09. The minimum absolute atomic E-state index is 0.0770. The number of esters is 1. The third-order valence-electron chi connectivity index (χ3n) is 7.49. The summed E-state index contributed by atoms with van der Waals surface area (Å²) in [5.74, 6) is -3.05. The molecule has 51 heavy (non-hydrogen) atoms. The highest BCUT2D eigenvalue weighted by molar-refractivity contribution is 7.92. The fourth-order valence-electron chi connectivity index (χ4n) is 5.06. The zero-order valence-corrected chi connectivity index (χ0v) is 30.1. The molecule has 1 atom stereocenters. The van der Waals surface area contributed by atoms with Crippen LogP contribution in [0.4, 0.5) is 10.1 Å². The first-order valence-electron chi connectivity index (χ1n) is 16.0. The lowest BCUT2D eigenvalue weighted by molar-refractivity contribution is -0.149. The summed E-state index contributed by atoms with van der Waals surface area (Å²) in [7, 11) is -2.71. The molecule has 0 spiro atoms. The molecule has 0 aliphatic rings. The molecule has 4 aromatic rings. The number of nitrogens with one attached hydrogen (secondary N) is 2. The number of halogens is 1. The van der Waals surface area contributed by atoms with Crippen LogP contribution in [0.15, 0.2) is 81.5 Å². The summed E-state index contributed by atoms with van der Waals surface area (Å²) in [6.07, 6.45) is 2.09. The smallest absolute Gasteiger partial charge is 0.335 e. The molecule has 13 nitrogen and oxygen atoms in total. The Morgan fingerprint density at radius 3 is 2.24 bits per heavy atom. The maximum absolute atomic E-state index is 15.3.